The molecule has 1 aromatic heterocycles. The molecule has 1 aromatic carbocycles. The lowest BCUT2D eigenvalue weighted by atomic mass is 10.1. The number of nitrogens with zero attached hydrogens (tertiary/aromatic N) is 2. The number of rotatable bonds is 2. The molecule has 1 fully saturated rings. The maximum absolute atomic E-state index is 11.8. The van der Waals surface area contributed by atoms with E-state index in [-0.39, 0.29) is 11.2 Å². The molecule has 1 atom stereocenters. The van der Waals surface area contributed by atoms with E-state index < -0.39 is 0 Å². The molecule has 0 aliphatic carbocycles. The predicted octanol–water partition coefficient (Wildman–Crippen LogP) is 2.43. The Bertz CT molecular complexity index is 609. The second kappa shape index (κ2) is 4.86. The number of carbonyl (C=O) groups is 1. The molecule has 6 heteroatoms. The van der Waals surface area contributed by atoms with Crippen LogP contribution in [0.25, 0.3) is 11.3 Å². The molecule has 2 heterocycles. The fourth-order valence-electron chi connectivity index (χ4n) is 2.05. The average molecular weight is 291 g/mol. The van der Waals surface area contributed by atoms with Gasteiger partial charge in [0.1, 0.15) is 0 Å². The lowest BCUT2D eigenvalue weighted by Crippen LogP contribution is -2.24. The molecule has 1 unspecified atom stereocenters. The van der Waals surface area contributed by atoms with Gasteiger partial charge in [-0.1, -0.05) is 12.1 Å². The minimum Gasteiger partial charge on any atom is -0.399 e. The van der Waals surface area contributed by atoms with Crippen LogP contribution in [-0.2, 0) is 4.79 Å². The molecule has 1 aliphatic rings. The minimum atomic E-state index is 0.0956. The van der Waals surface area contributed by atoms with Crippen molar-refractivity contribution in [1.82, 2.24) is 4.98 Å². The largest absolute Gasteiger partial charge is 0.399 e. The monoisotopic (exact) mass is 291 g/mol. The third kappa shape index (κ3) is 2.46. The summed E-state index contributed by atoms with van der Waals surface area (Å²) in [6, 6.07) is 7.56. The van der Waals surface area contributed by atoms with Crippen molar-refractivity contribution < 1.29 is 4.79 Å². The first kappa shape index (κ1) is 12.5. The van der Waals surface area contributed by atoms with Gasteiger partial charge in [-0.2, -0.15) is 12.6 Å². The van der Waals surface area contributed by atoms with E-state index in [4.69, 9.17) is 5.73 Å². The third-order valence-corrected chi connectivity index (χ3v) is 4.24. The summed E-state index contributed by atoms with van der Waals surface area (Å²) in [5, 5.41) is 2.81. The number of nitrogen functional groups attached to an aromatic ring is 1. The number of thiol groups is 1. The van der Waals surface area contributed by atoms with Gasteiger partial charge in [-0.3, -0.25) is 9.69 Å². The first-order valence-corrected chi connectivity index (χ1v) is 7.33. The lowest BCUT2D eigenvalue weighted by Gasteiger charge is -2.11. The average Bonchev–Trinajstić information content (AvgIpc) is 2.97. The van der Waals surface area contributed by atoms with Crippen molar-refractivity contribution in [3.8, 4) is 11.3 Å². The first-order chi connectivity index (χ1) is 9.13. The van der Waals surface area contributed by atoms with Crippen LogP contribution >= 0.6 is 24.0 Å². The highest BCUT2D eigenvalue weighted by Crippen LogP contribution is 2.31. The van der Waals surface area contributed by atoms with Gasteiger partial charge in [0.05, 0.1) is 5.69 Å². The molecule has 4 nitrogen and oxygen atoms in total. The summed E-state index contributed by atoms with van der Waals surface area (Å²) in [6.07, 6.45) is 0.486. The molecule has 0 saturated carbocycles. The zero-order valence-electron chi connectivity index (χ0n) is 10.1. The molecule has 1 aliphatic heterocycles. The van der Waals surface area contributed by atoms with E-state index in [1.54, 1.807) is 4.90 Å². The standard InChI is InChI=1S/C13H13N3OS2/c14-9-3-1-8(2-4-9)11-7-19-13(15-11)16-6-10(18)5-12(16)17/h1-4,7,10,18H,5-6,14H2. The summed E-state index contributed by atoms with van der Waals surface area (Å²) in [7, 11) is 0. The Morgan fingerprint density at radius 2 is 2.11 bits per heavy atom. The van der Waals surface area contributed by atoms with Crippen molar-refractivity contribution in [2.75, 3.05) is 17.2 Å². The molecule has 1 saturated heterocycles. The van der Waals surface area contributed by atoms with Gasteiger partial charge in [-0.05, 0) is 12.1 Å². The number of hydrogen-bond acceptors (Lipinski definition) is 5. The molecule has 0 spiro atoms. The molecular formula is C13H13N3OS2. The Labute approximate surface area is 120 Å². The van der Waals surface area contributed by atoms with Gasteiger partial charge < -0.3 is 5.73 Å². The van der Waals surface area contributed by atoms with Crippen LogP contribution in [0.3, 0.4) is 0 Å². The van der Waals surface area contributed by atoms with Crippen molar-refractivity contribution in [3.05, 3.63) is 29.6 Å². The number of amides is 1. The number of nitrogens with two attached hydrogens (primary N) is 1. The number of hydrogen-bond donors (Lipinski definition) is 2. The molecule has 0 bridgehead atoms. The normalized spacial score (nSPS) is 19.1. The summed E-state index contributed by atoms with van der Waals surface area (Å²) >= 11 is 5.83. The van der Waals surface area contributed by atoms with Crippen LogP contribution in [0.4, 0.5) is 10.8 Å². The maximum atomic E-state index is 11.8. The smallest absolute Gasteiger partial charge is 0.229 e. The highest BCUT2D eigenvalue weighted by atomic mass is 32.1. The number of anilines is 2. The topological polar surface area (TPSA) is 59.2 Å². The van der Waals surface area contributed by atoms with Crippen molar-refractivity contribution in [3.63, 3.8) is 0 Å². The van der Waals surface area contributed by atoms with Gasteiger partial charge in [0.15, 0.2) is 5.13 Å². The van der Waals surface area contributed by atoms with E-state index in [0.717, 1.165) is 22.1 Å². The summed E-state index contributed by atoms with van der Waals surface area (Å²) < 4.78 is 0. The molecular weight excluding hydrogens is 278 g/mol. The Morgan fingerprint density at radius 1 is 1.37 bits per heavy atom. The van der Waals surface area contributed by atoms with Gasteiger partial charge in [-0.25, -0.2) is 4.98 Å². The molecule has 19 heavy (non-hydrogen) atoms. The number of carbonyl (C=O) groups excluding carboxylic acids is 1. The lowest BCUT2D eigenvalue weighted by molar-refractivity contribution is -0.117. The van der Waals surface area contributed by atoms with Crippen LogP contribution in [0.15, 0.2) is 29.6 Å². The van der Waals surface area contributed by atoms with E-state index >= 15 is 0 Å². The number of thiazole rings is 1. The van der Waals surface area contributed by atoms with E-state index in [2.05, 4.69) is 17.6 Å². The minimum absolute atomic E-state index is 0.0956. The van der Waals surface area contributed by atoms with E-state index in [1.807, 2.05) is 29.6 Å². The summed E-state index contributed by atoms with van der Waals surface area (Å²) in [5.41, 5.74) is 8.27. The molecule has 2 N–H and O–H groups in total. The maximum Gasteiger partial charge on any atom is 0.229 e. The van der Waals surface area contributed by atoms with Crippen LogP contribution in [0.2, 0.25) is 0 Å². The van der Waals surface area contributed by atoms with Gasteiger partial charge in [0.25, 0.3) is 0 Å². The third-order valence-electron chi connectivity index (χ3n) is 3.03. The van der Waals surface area contributed by atoms with Gasteiger partial charge in [0.2, 0.25) is 5.91 Å². The summed E-state index contributed by atoms with van der Waals surface area (Å²) in [4.78, 5) is 18.0. The molecule has 1 amide bonds. The van der Waals surface area contributed by atoms with E-state index in [0.29, 0.717) is 13.0 Å². The SMILES string of the molecule is Nc1ccc(-c2csc(N3CC(S)CC3=O)n2)cc1. The quantitative estimate of drug-likeness (QED) is 0.660. The Hall–Kier alpha value is -1.53. The van der Waals surface area contributed by atoms with E-state index in [1.165, 1.54) is 11.3 Å². The Balaban J connectivity index is 1.87. The van der Waals surface area contributed by atoms with Crippen LogP contribution in [0.1, 0.15) is 6.42 Å². The number of aromatic nitrogens is 1. The van der Waals surface area contributed by atoms with Gasteiger partial charge in [-0.15, -0.1) is 11.3 Å². The zero-order valence-corrected chi connectivity index (χ0v) is 11.8. The second-order valence-corrected chi connectivity index (χ2v) is 6.07. The van der Waals surface area contributed by atoms with Gasteiger partial charge in [0, 0.05) is 34.8 Å². The van der Waals surface area contributed by atoms with Crippen LogP contribution in [0.5, 0.6) is 0 Å². The number of benzene rings is 1. The molecule has 0 radical (unpaired) electrons. The van der Waals surface area contributed by atoms with Crippen molar-refractivity contribution in [2.45, 2.75) is 11.7 Å². The second-order valence-electron chi connectivity index (χ2n) is 4.50. The predicted molar refractivity (Wildman–Crippen MR) is 81.7 cm³/mol. The fraction of sp³-hybridized carbons (Fsp3) is 0.231. The van der Waals surface area contributed by atoms with Crippen LogP contribution in [0, 0.1) is 0 Å². The van der Waals surface area contributed by atoms with Crippen molar-refractivity contribution >= 4 is 40.7 Å². The highest BCUT2D eigenvalue weighted by Gasteiger charge is 2.30. The highest BCUT2D eigenvalue weighted by molar-refractivity contribution is 7.81. The first-order valence-electron chi connectivity index (χ1n) is 5.93. The molecule has 3 rings (SSSR count). The summed E-state index contributed by atoms with van der Waals surface area (Å²) in [5.74, 6) is 0.0956. The van der Waals surface area contributed by atoms with Gasteiger partial charge >= 0.3 is 0 Å². The Morgan fingerprint density at radius 3 is 2.74 bits per heavy atom. The fourth-order valence-corrected chi connectivity index (χ4v) is 3.23. The Kier molecular flexibility index (Phi) is 3.20. The van der Waals surface area contributed by atoms with Crippen LogP contribution < -0.4 is 10.6 Å². The van der Waals surface area contributed by atoms with Crippen molar-refractivity contribution in [1.29, 1.82) is 0 Å². The van der Waals surface area contributed by atoms with E-state index in [9.17, 15) is 4.79 Å². The van der Waals surface area contributed by atoms with Crippen molar-refractivity contribution in [2.24, 2.45) is 0 Å². The summed E-state index contributed by atoms with van der Waals surface area (Å²) in [6.45, 7) is 0.636. The zero-order chi connectivity index (χ0) is 13.4. The molecule has 2 aromatic rings. The van der Waals surface area contributed by atoms with Crippen LogP contribution in [-0.4, -0.2) is 22.7 Å². The molecule has 98 valence electrons.